The average molecular weight is 335 g/mol. The second-order valence-electron chi connectivity index (χ2n) is 7.32. The van der Waals surface area contributed by atoms with Crippen LogP contribution in [0.25, 0.3) is 0 Å². The Hall–Kier alpha value is -2.23. The van der Waals surface area contributed by atoms with E-state index in [4.69, 9.17) is 0 Å². The van der Waals surface area contributed by atoms with Crippen LogP contribution in [0.5, 0.6) is 0 Å². The summed E-state index contributed by atoms with van der Waals surface area (Å²) in [6.07, 6.45) is 11.0. The molecule has 130 valence electrons. The summed E-state index contributed by atoms with van der Waals surface area (Å²) in [5.74, 6) is 0.210. The van der Waals surface area contributed by atoms with Gasteiger partial charge in [-0.05, 0) is 62.1 Å². The van der Waals surface area contributed by atoms with Gasteiger partial charge in [-0.2, -0.15) is 0 Å². The third-order valence-electron chi connectivity index (χ3n) is 5.46. The van der Waals surface area contributed by atoms with Crippen molar-refractivity contribution < 1.29 is 4.79 Å². The standard InChI is InChI=1S/C21H25N3O/c1-15-13-22-14-19(23-15)20-7-4-10-24(20)21(25)12-16-8-9-17-5-2-3-6-18(17)11-16/h8-9,11,13-14,20H,2-7,10,12H2,1H3. The third kappa shape index (κ3) is 3.44. The summed E-state index contributed by atoms with van der Waals surface area (Å²) in [5, 5.41) is 0. The van der Waals surface area contributed by atoms with E-state index in [0.29, 0.717) is 6.42 Å². The van der Waals surface area contributed by atoms with Gasteiger partial charge in [0.1, 0.15) is 0 Å². The van der Waals surface area contributed by atoms with E-state index in [1.165, 1.54) is 30.4 Å². The normalized spacial score (nSPS) is 19.7. The highest BCUT2D eigenvalue weighted by molar-refractivity contribution is 5.79. The molecule has 4 nitrogen and oxygen atoms in total. The SMILES string of the molecule is Cc1cncc(C2CCCN2C(=O)Cc2ccc3c(c2)CCCC3)n1. The fraction of sp³-hybridized carbons (Fsp3) is 0.476. The Labute approximate surface area is 149 Å². The van der Waals surface area contributed by atoms with Crippen LogP contribution in [0.2, 0.25) is 0 Å². The number of hydrogen-bond donors (Lipinski definition) is 0. The molecule has 4 heteroatoms. The average Bonchev–Trinajstić information content (AvgIpc) is 3.11. The van der Waals surface area contributed by atoms with Crippen molar-refractivity contribution in [2.45, 2.75) is 57.9 Å². The first-order valence-corrected chi connectivity index (χ1v) is 9.39. The lowest BCUT2D eigenvalue weighted by atomic mass is 9.90. The Balaban J connectivity index is 1.50. The Kier molecular flexibility index (Phi) is 4.51. The van der Waals surface area contributed by atoms with Gasteiger partial charge in [-0.3, -0.25) is 14.8 Å². The van der Waals surface area contributed by atoms with E-state index in [9.17, 15) is 4.79 Å². The van der Waals surface area contributed by atoms with Gasteiger partial charge in [0.15, 0.2) is 0 Å². The van der Waals surface area contributed by atoms with E-state index < -0.39 is 0 Å². The second-order valence-corrected chi connectivity index (χ2v) is 7.32. The molecular formula is C21H25N3O. The van der Waals surface area contributed by atoms with Crippen molar-refractivity contribution in [1.29, 1.82) is 0 Å². The molecule has 1 aromatic carbocycles. The number of amides is 1. The third-order valence-corrected chi connectivity index (χ3v) is 5.46. The van der Waals surface area contributed by atoms with Gasteiger partial charge in [0.05, 0.1) is 30.0 Å². The Morgan fingerprint density at radius 2 is 2.00 bits per heavy atom. The van der Waals surface area contributed by atoms with Crippen molar-refractivity contribution in [2.24, 2.45) is 0 Å². The van der Waals surface area contributed by atoms with Crippen LogP contribution in [0.3, 0.4) is 0 Å². The molecule has 1 unspecified atom stereocenters. The van der Waals surface area contributed by atoms with Crippen LogP contribution in [-0.4, -0.2) is 27.3 Å². The molecule has 1 saturated heterocycles. The van der Waals surface area contributed by atoms with E-state index >= 15 is 0 Å². The number of nitrogens with zero attached hydrogens (tertiary/aromatic N) is 3. The number of hydrogen-bond acceptors (Lipinski definition) is 3. The zero-order valence-corrected chi connectivity index (χ0v) is 14.9. The number of fused-ring (bicyclic) bond motifs is 1. The number of benzene rings is 1. The van der Waals surface area contributed by atoms with Gasteiger partial charge in [0.2, 0.25) is 5.91 Å². The molecule has 1 amide bonds. The van der Waals surface area contributed by atoms with E-state index in [1.54, 1.807) is 6.20 Å². The lowest BCUT2D eigenvalue weighted by Crippen LogP contribution is -2.32. The maximum Gasteiger partial charge on any atom is 0.227 e. The monoisotopic (exact) mass is 335 g/mol. The highest BCUT2D eigenvalue weighted by Crippen LogP contribution is 2.31. The summed E-state index contributed by atoms with van der Waals surface area (Å²) in [5.41, 5.74) is 5.89. The molecule has 1 aliphatic heterocycles. The Morgan fingerprint density at radius 1 is 1.16 bits per heavy atom. The number of carbonyl (C=O) groups is 1. The van der Waals surface area contributed by atoms with Crippen LogP contribution >= 0.6 is 0 Å². The van der Waals surface area contributed by atoms with Crippen molar-refractivity contribution in [3.63, 3.8) is 0 Å². The van der Waals surface area contributed by atoms with Gasteiger partial charge in [0.25, 0.3) is 0 Å². The fourth-order valence-corrected chi connectivity index (χ4v) is 4.19. The maximum absolute atomic E-state index is 12.9. The van der Waals surface area contributed by atoms with Crippen molar-refractivity contribution in [2.75, 3.05) is 6.54 Å². The van der Waals surface area contributed by atoms with Gasteiger partial charge < -0.3 is 4.90 Å². The molecule has 0 bridgehead atoms. The highest BCUT2D eigenvalue weighted by Gasteiger charge is 2.31. The number of aryl methyl sites for hydroxylation is 3. The van der Waals surface area contributed by atoms with Crippen LogP contribution in [0.1, 0.15) is 59.8 Å². The van der Waals surface area contributed by atoms with Gasteiger partial charge in [-0.25, -0.2) is 0 Å². The first kappa shape index (κ1) is 16.2. The first-order chi connectivity index (χ1) is 12.2. The van der Waals surface area contributed by atoms with E-state index in [-0.39, 0.29) is 11.9 Å². The topological polar surface area (TPSA) is 46.1 Å². The number of rotatable bonds is 3. The van der Waals surface area contributed by atoms with Crippen LogP contribution in [0.4, 0.5) is 0 Å². The molecule has 1 aliphatic carbocycles. The van der Waals surface area contributed by atoms with Gasteiger partial charge >= 0.3 is 0 Å². The lowest BCUT2D eigenvalue weighted by molar-refractivity contribution is -0.131. The van der Waals surface area contributed by atoms with E-state index in [0.717, 1.165) is 42.8 Å². The zero-order chi connectivity index (χ0) is 17.2. The second kappa shape index (κ2) is 6.95. The van der Waals surface area contributed by atoms with Crippen LogP contribution in [0.15, 0.2) is 30.6 Å². The molecule has 2 aliphatic rings. The minimum absolute atomic E-state index is 0.0810. The van der Waals surface area contributed by atoms with Crippen LogP contribution < -0.4 is 0 Å². The summed E-state index contributed by atoms with van der Waals surface area (Å²) in [4.78, 5) is 23.8. The summed E-state index contributed by atoms with van der Waals surface area (Å²) >= 11 is 0. The molecule has 2 heterocycles. The quantitative estimate of drug-likeness (QED) is 0.861. The molecule has 1 atom stereocenters. The minimum Gasteiger partial charge on any atom is -0.334 e. The largest absolute Gasteiger partial charge is 0.334 e. The lowest BCUT2D eigenvalue weighted by Gasteiger charge is -2.25. The van der Waals surface area contributed by atoms with Gasteiger partial charge in [-0.1, -0.05) is 18.2 Å². The molecular weight excluding hydrogens is 310 g/mol. The molecule has 2 aromatic rings. The van der Waals surface area contributed by atoms with E-state index in [2.05, 4.69) is 28.2 Å². The van der Waals surface area contributed by atoms with Gasteiger partial charge in [-0.15, -0.1) is 0 Å². The predicted octanol–water partition coefficient (Wildman–Crippen LogP) is 3.57. The summed E-state index contributed by atoms with van der Waals surface area (Å²) in [7, 11) is 0. The van der Waals surface area contributed by atoms with Crippen LogP contribution in [0, 0.1) is 6.92 Å². The predicted molar refractivity (Wildman–Crippen MR) is 97.2 cm³/mol. The van der Waals surface area contributed by atoms with Crippen molar-refractivity contribution >= 4 is 5.91 Å². The number of likely N-dealkylation sites (tertiary alicyclic amines) is 1. The van der Waals surface area contributed by atoms with Crippen molar-refractivity contribution in [3.05, 3.63) is 58.7 Å². The molecule has 1 fully saturated rings. The smallest absolute Gasteiger partial charge is 0.227 e. The fourth-order valence-electron chi connectivity index (χ4n) is 4.19. The van der Waals surface area contributed by atoms with Crippen LogP contribution in [-0.2, 0) is 24.1 Å². The molecule has 4 rings (SSSR count). The Morgan fingerprint density at radius 3 is 2.84 bits per heavy atom. The highest BCUT2D eigenvalue weighted by atomic mass is 16.2. The zero-order valence-electron chi connectivity index (χ0n) is 14.9. The number of aromatic nitrogens is 2. The van der Waals surface area contributed by atoms with Gasteiger partial charge in [0, 0.05) is 12.7 Å². The van der Waals surface area contributed by atoms with Crippen molar-refractivity contribution in [3.8, 4) is 0 Å². The van der Waals surface area contributed by atoms with E-state index in [1.807, 2.05) is 18.0 Å². The first-order valence-electron chi connectivity index (χ1n) is 9.39. The number of carbonyl (C=O) groups excluding carboxylic acids is 1. The molecule has 1 aromatic heterocycles. The Bertz CT molecular complexity index is 786. The summed E-state index contributed by atoms with van der Waals surface area (Å²) < 4.78 is 0. The molecule has 0 N–H and O–H groups in total. The van der Waals surface area contributed by atoms with Crippen molar-refractivity contribution in [1.82, 2.24) is 14.9 Å². The summed E-state index contributed by atoms with van der Waals surface area (Å²) in [6, 6.07) is 6.70. The molecule has 0 saturated carbocycles. The minimum atomic E-state index is 0.0810. The summed E-state index contributed by atoms with van der Waals surface area (Å²) in [6.45, 7) is 2.77. The molecule has 25 heavy (non-hydrogen) atoms. The molecule has 0 spiro atoms. The maximum atomic E-state index is 12.9. The molecule has 0 radical (unpaired) electrons.